The Balaban J connectivity index is 2.12. The summed E-state index contributed by atoms with van der Waals surface area (Å²) in [5.41, 5.74) is 1.23. The summed E-state index contributed by atoms with van der Waals surface area (Å²) in [4.78, 5) is 3.88. The standard InChI is InChI=1S/C12H9BrF2N2/c13-9-5-12(11(15)6-10(9)14)17-7-8-1-3-16-4-2-8/h1-6,17H,7H2. The molecular formula is C12H9BrF2N2. The number of aromatic nitrogens is 1. The lowest BCUT2D eigenvalue weighted by molar-refractivity contribution is 0.580. The largest absolute Gasteiger partial charge is 0.379 e. The molecule has 0 radical (unpaired) electrons. The van der Waals surface area contributed by atoms with Crippen LogP contribution >= 0.6 is 15.9 Å². The summed E-state index contributed by atoms with van der Waals surface area (Å²) in [5.74, 6) is -1.23. The van der Waals surface area contributed by atoms with Crippen LogP contribution < -0.4 is 5.32 Å². The molecule has 0 unspecified atom stereocenters. The lowest BCUT2D eigenvalue weighted by atomic mass is 10.2. The first kappa shape index (κ1) is 12.0. The average molecular weight is 299 g/mol. The minimum absolute atomic E-state index is 0.233. The van der Waals surface area contributed by atoms with Gasteiger partial charge in [-0.05, 0) is 39.7 Å². The SMILES string of the molecule is Fc1cc(F)c(NCc2ccncc2)cc1Br. The molecule has 0 saturated carbocycles. The summed E-state index contributed by atoms with van der Waals surface area (Å²) in [5, 5.41) is 2.90. The van der Waals surface area contributed by atoms with Gasteiger partial charge in [0.2, 0.25) is 0 Å². The fourth-order valence-corrected chi connectivity index (χ4v) is 1.70. The zero-order valence-corrected chi connectivity index (χ0v) is 10.3. The molecule has 0 saturated heterocycles. The number of pyridine rings is 1. The minimum atomic E-state index is -0.614. The van der Waals surface area contributed by atoms with E-state index in [-0.39, 0.29) is 10.2 Å². The summed E-state index contributed by atoms with van der Waals surface area (Å²) >= 11 is 3.01. The van der Waals surface area contributed by atoms with Crippen LogP contribution in [0.15, 0.2) is 41.1 Å². The van der Waals surface area contributed by atoms with Crippen LogP contribution in [0.1, 0.15) is 5.56 Å². The Labute approximate surface area is 106 Å². The molecule has 1 aromatic heterocycles. The smallest absolute Gasteiger partial charge is 0.149 e. The third kappa shape index (κ3) is 3.00. The van der Waals surface area contributed by atoms with Crippen molar-refractivity contribution in [2.24, 2.45) is 0 Å². The highest BCUT2D eigenvalue weighted by Gasteiger charge is 2.07. The zero-order chi connectivity index (χ0) is 12.3. The van der Waals surface area contributed by atoms with Crippen LogP contribution in [0.25, 0.3) is 0 Å². The molecule has 88 valence electrons. The molecule has 0 aliphatic carbocycles. The first-order valence-corrected chi connectivity index (χ1v) is 5.73. The lowest BCUT2D eigenvalue weighted by Gasteiger charge is -2.08. The highest BCUT2D eigenvalue weighted by molar-refractivity contribution is 9.10. The fourth-order valence-electron chi connectivity index (χ4n) is 1.36. The van der Waals surface area contributed by atoms with Crippen LogP contribution in [0.4, 0.5) is 14.5 Å². The second-order valence-corrected chi connectivity index (χ2v) is 4.31. The molecule has 1 aromatic carbocycles. The van der Waals surface area contributed by atoms with E-state index in [9.17, 15) is 8.78 Å². The molecule has 1 N–H and O–H groups in total. The molecule has 0 aliphatic heterocycles. The second-order valence-electron chi connectivity index (χ2n) is 3.46. The van der Waals surface area contributed by atoms with Gasteiger partial charge in [0.15, 0.2) is 0 Å². The first-order chi connectivity index (χ1) is 8.16. The second kappa shape index (κ2) is 5.23. The van der Waals surface area contributed by atoms with Gasteiger partial charge in [-0.2, -0.15) is 0 Å². The predicted octanol–water partition coefficient (Wildman–Crippen LogP) is 3.73. The maximum Gasteiger partial charge on any atom is 0.149 e. The van der Waals surface area contributed by atoms with Crippen molar-refractivity contribution < 1.29 is 8.78 Å². The van der Waals surface area contributed by atoms with E-state index in [1.54, 1.807) is 12.4 Å². The molecule has 2 nitrogen and oxygen atoms in total. The molecule has 0 aliphatic rings. The number of anilines is 1. The number of nitrogens with one attached hydrogen (secondary N) is 1. The summed E-state index contributed by atoms with van der Waals surface area (Å²) in [6, 6.07) is 5.87. The predicted molar refractivity (Wildman–Crippen MR) is 65.6 cm³/mol. The van der Waals surface area contributed by atoms with Gasteiger partial charge in [0.05, 0.1) is 10.2 Å². The molecule has 2 aromatic rings. The molecule has 17 heavy (non-hydrogen) atoms. The van der Waals surface area contributed by atoms with E-state index >= 15 is 0 Å². The van der Waals surface area contributed by atoms with Gasteiger partial charge in [0, 0.05) is 25.0 Å². The third-order valence-electron chi connectivity index (χ3n) is 2.24. The van der Waals surface area contributed by atoms with Crippen molar-refractivity contribution in [3.05, 3.63) is 58.3 Å². The third-order valence-corrected chi connectivity index (χ3v) is 2.85. The Morgan fingerprint density at radius 3 is 2.53 bits per heavy atom. The van der Waals surface area contributed by atoms with Gasteiger partial charge in [-0.1, -0.05) is 0 Å². The molecular weight excluding hydrogens is 290 g/mol. The van der Waals surface area contributed by atoms with Crippen molar-refractivity contribution in [1.29, 1.82) is 0 Å². The normalized spacial score (nSPS) is 10.3. The highest BCUT2D eigenvalue weighted by Crippen LogP contribution is 2.23. The van der Waals surface area contributed by atoms with Crippen molar-refractivity contribution in [3.8, 4) is 0 Å². The summed E-state index contributed by atoms with van der Waals surface area (Å²) in [6.07, 6.45) is 3.32. The maximum absolute atomic E-state index is 13.4. The van der Waals surface area contributed by atoms with E-state index in [0.717, 1.165) is 11.6 Å². The Morgan fingerprint density at radius 2 is 1.82 bits per heavy atom. The maximum atomic E-state index is 13.4. The summed E-state index contributed by atoms with van der Waals surface area (Å²) in [7, 11) is 0. The van der Waals surface area contributed by atoms with Crippen LogP contribution in [0.5, 0.6) is 0 Å². The number of halogens is 3. The Kier molecular flexibility index (Phi) is 3.68. The van der Waals surface area contributed by atoms with Crippen molar-refractivity contribution >= 4 is 21.6 Å². The number of benzene rings is 1. The molecule has 2 rings (SSSR count). The van der Waals surface area contributed by atoms with Crippen LogP contribution in [0.2, 0.25) is 0 Å². The Morgan fingerprint density at radius 1 is 1.12 bits per heavy atom. The average Bonchev–Trinajstić information content (AvgIpc) is 2.33. The Bertz CT molecular complexity index is 517. The highest BCUT2D eigenvalue weighted by atomic mass is 79.9. The van der Waals surface area contributed by atoms with Crippen molar-refractivity contribution in [2.45, 2.75) is 6.54 Å². The van der Waals surface area contributed by atoms with E-state index in [2.05, 4.69) is 26.2 Å². The van der Waals surface area contributed by atoms with E-state index < -0.39 is 11.6 Å². The van der Waals surface area contributed by atoms with Gasteiger partial charge in [0.1, 0.15) is 11.6 Å². The molecule has 5 heteroatoms. The van der Waals surface area contributed by atoms with Crippen LogP contribution in [0.3, 0.4) is 0 Å². The van der Waals surface area contributed by atoms with Crippen molar-refractivity contribution in [3.63, 3.8) is 0 Å². The number of nitrogens with zero attached hydrogens (tertiary/aromatic N) is 1. The van der Waals surface area contributed by atoms with Crippen LogP contribution in [0, 0.1) is 11.6 Å². The van der Waals surface area contributed by atoms with E-state index in [0.29, 0.717) is 6.54 Å². The van der Waals surface area contributed by atoms with Crippen molar-refractivity contribution in [2.75, 3.05) is 5.32 Å². The fraction of sp³-hybridized carbons (Fsp3) is 0.0833. The van der Waals surface area contributed by atoms with Gasteiger partial charge in [-0.3, -0.25) is 4.98 Å². The van der Waals surface area contributed by atoms with Gasteiger partial charge in [0.25, 0.3) is 0 Å². The first-order valence-electron chi connectivity index (χ1n) is 4.94. The summed E-state index contributed by atoms with van der Waals surface area (Å²) < 4.78 is 26.6. The molecule has 0 spiro atoms. The number of rotatable bonds is 3. The minimum Gasteiger partial charge on any atom is -0.379 e. The molecule has 0 amide bonds. The number of hydrogen-bond donors (Lipinski definition) is 1. The van der Waals surface area contributed by atoms with Crippen LogP contribution in [-0.2, 0) is 6.54 Å². The van der Waals surface area contributed by atoms with Gasteiger partial charge < -0.3 is 5.32 Å². The van der Waals surface area contributed by atoms with Crippen LogP contribution in [-0.4, -0.2) is 4.98 Å². The van der Waals surface area contributed by atoms with E-state index in [4.69, 9.17) is 0 Å². The monoisotopic (exact) mass is 298 g/mol. The molecule has 0 atom stereocenters. The van der Waals surface area contributed by atoms with E-state index in [1.165, 1.54) is 6.07 Å². The van der Waals surface area contributed by atoms with E-state index in [1.807, 2.05) is 12.1 Å². The van der Waals surface area contributed by atoms with Gasteiger partial charge >= 0.3 is 0 Å². The molecule has 0 fully saturated rings. The summed E-state index contributed by atoms with van der Waals surface area (Å²) in [6.45, 7) is 0.456. The molecule has 1 heterocycles. The quantitative estimate of drug-likeness (QED) is 0.873. The Hall–Kier alpha value is -1.49. The molecule has 0 bridgehead atoms. The topological polar surface area (TPSA) is 24.9 Å². The van der Waals surface area contributed by atoms with Crippen molar-refractivity contribution in [1.82, 2.24) is 4.98 Å². The van der Waals surface area contributed by atoms with Gasteiger partial charge in [-0.15, -0.1) is 0 Å². The zero-order valence-electron chi connectivity index (χ0n) is 8.75. The number of hydrogen-bond acceptors (Lipinski definition) is 2. The lowest BCUT2D eigenvalue weighted by Crippen LogP contribution is -2.02. The van der Waals surface area contributed by atoms with Gasteiger partial charge in [-0.25, -0.2) is 8.78 Å².